The molecule has 15 heteroatoms. The number of nitro groups is 1. The van der Waals surface area contributed by atoms with Gasteiger partial charge in [-0.2, -0.15) is 8.78 Å². The van der Waals surface area contributed by atoms with Crippen LogP contribution in [0, 0.1) is 10.1 Å². The van der Waals surface area contributed by atoms with Crippen molar-refractivity contribution < 1.29 is 42.6 Å². The SMILES string of the molecule is O=C(OC[n+]1[nH]nnc1CCCCCCN1C(=O)CC[C@@H]1/C=C/[C@@H](O)C(F)(F)c1ccccc1)Oc1ccc([N+](=O)[O-])cc1. The molecule has 2 heterocycles. The van der Waals surface area contributed by atoms with Gasteiger partial charge in [-0.1, -0.05) is 60.5 Å². The minimum absolute atomic E-state index is 0.0419. The zero-order valence-electron chi connectivity index (χ0n) is 23.8. The Morgan fingerprint density at radius 3 is 2.64 bits per heavy atom. The third kappa shape index (κ3) is 8.63. The molecule has 1 fully saturated rings. The number of likely N-dealkylation sites (tertiary alicyclic amines) is 1. The molecule has 1 aromatic heterocycles. The minimum Gasteiger partial charge on any atom is -0.398 e. The first-order valence-corrected chi connectivity index (χ1v) is 14.1. The van der Waals surface area contributed by atoms with Crippen molar-refractivity contribution in [2.24, 2.45) is 0 Å². The van der Waals surface area contributed by atoms with Crippen LogP contribution < -0.4 is 9.42 Å². The van der Waals surface area contributed by atoms with Crippen LogP contribution in [-0.4, -0.2) is 61.2 Å². The number of aryl methyl sites for hydroxylation is 1. The van der Waals surface area contributed by atoms with E-state index in [2.05, 4.69) is 15.5 Å². The van der Waals surface area contributed by atoms with Gasteiger partial charge in [-0.15, -0.1) is 4.68 Å². The molecule has 2 N–H and O–H groups in total. The van der Waals surface area contributed by atoms with Gasteiger partial charge in [-0.25, -0.2) is 4.79 Å². The number of hydrogen-bond donors (Lipinski definition) is 2. The number of nitro benzene ring substituents is 1. The Kier molecular flexibility index (Phi) is 11.0. The lowest BCUT2D eigenvalue weighted by Crippen LogP contribution is -2.42. The van der Waals surface area contributed by atoms with Gasteiger partial charge < -0.3 is 19.5 Å². The molecule has 0 aliphatic carbocycles. The fourth-order valence-electron chi connectivity index (χ4n) is 4.76. The molecule has 44 heavy (non-hydrogen) atoms. The monoisotopic (exact) mass is 615 g/mol. The molecule has 1 amide bonds. The molecule has 1 aliphatic rings. The smallest absolute Gasteiger partial charge is 0.398 e. The summed E-state index contributed by atoms with van der Waals surface area (Å²) in [5.74, 6) is -2.84. The Morgan fingerprint density at radius 1 is 1.18 bits per heavy atom. The fraction of sp³-hybridized carbons (Fsp3) is 0.414. The Hall–Kier alpha value is -4.79. The van der Waals surface area contributed by atoms with Crippen LogP contribution in [-0.2, 0) is 28.6 Å². The maximum Gasteiger partial charge on any atom is 0.516 e. The van der Waals surface area contributed by atoms with Crippen LogP contribution in [0.2, 0.25) is 0 Å². The highest BCUT2D eigenvalue weighted by molar-refractivity contribution is 5.79. The minimum atomic E-state index is -3.45. The van der Waals surface area contributed by atoms with E-state index < -0.39 is 23.1 Å². The van der Waals surface area contributed by atoms with Crippen molar-refractivity contribution in [2.75, 3.05) is 6.54 Å². The van der Waals surface area contributed by atoms with Gasteiger partial charge in [-0.3, -0.25) is 14.9 Å². The largest absolute Gasteiger partial charge is 0.516 e. The first kappa shape index (κ1) is 32.1. The average Bonchev–Trinajstić information content (AvgIpc) is 3.62. The maximum absolute atomic E-state index is 14.6. The van der Waals surface area contributed by atoms with Crippen molar-refractivity contribution >= 4 is 17.7 Å². The van der Waals surface area contributed by atoms with Crippen molar-refractivity contribution in [2.45, 2.75) is 69.7 Å². The van der Waals surface area contributed by atoms with Gasteiger partial charge in [0.1, 0.15) is 17.0 Å². The summed E-state index contributed by atoms with van der Waals surface area (Å²) in [5, 5.41) is 31.2. The van der Waals surface area contributed by atoms with Gasteiger partial charge in [0.15, 0.2) is 5.21 Å². The molecule has 3 aromatic rings. The van der Waals surface area contributed by atoms with E-state index in [-0.39, 0.29) is 35.7 Å². The number of carbonyl (C=O) groups excluding carboxylic acids is 2. The van der Waals surface area contributed by atoms with Crippen LogP contribution in [0.5, 0.6) is 5.75 Å². The molecular formula is C29H33F2N6O7+. The van der Waals surface area contributed by atoms with Crippen LogP contribution in [0.15, 0.2) is 66.7 Å². The number of nitrogens with one attached hydrogen (secondary N) is 1. The van der Waals surface area contributed by atoms with Crippen molar-refractivity contribution in [3.8, 4) is 5.75 Å². The zero-order chi connectivity index (χ0) is 31.5. The number of unbranched alkanes of at least 4 members (excludes halogenated alkanes) is 3. The number of halogens is 2. The van der Waals surface area contributed by atoms with E-state index in [1.165, 1.54) is 59.3 Å². The van der Waals surface area contributed by atoms with Crippen LogP contribution in [0.25, 0.3) is 0 Å². The van der Waals surface area contributed by atoms with E-state index in [1.54, 1.807) is 11.0 Å². The molecule has 1 saturated heterocycles. The lowest BCUT2D eigenvalue weighted by atomic mass is 10.0. The van der Waals surface area contributed by atoms with Gasteiger partial charge in [0.25, 0.3) is 5.69 Å². The fourth-order valence-corrected chi connectivity index (χ4v) is 4.76. The van der Waals surface area contributed by atoms with Crippen molar-refractivity contribution in [3.05, 3.63) is 88.3 Å². The maximum atomic E-state index is 14.6. The number of rotatable bonds is 15. The molecule has 0 unspecified atom stereocenters. The van der Waals surface area contributed by atoms with Gasteiger partial charge in [-0.05, 0) is 31.4 Å². The van der Waals surface area contributed by atoms with Crippen molar-refractivity contribution in [1.29, 1.82) is 0 Å². The second-order valence-corrected chi connectivity index (χ2v) is 10.2. The third-order valence-electron chi connectivity index (χ3n) is 7.17. The average molecular weight is 616 g/mol. The number of non-ortho nitro benzene ring substituents is 1. The zero-order valence-corrected chi connectivity index (χ0v) is 23.8. The van der Waals surface area contributed by atoms with Gasteiger partial charge in [0.05, 0.1) is 11.0 Å². The van der Waals surface area contributed by atoms with E-state index in [1.807, 2.05) is 0 Å². The molecule has 0 bridgehead atoms. The first-order chi connectivity index (χ1) is 21.1. The molecule has 13 nitrogen and oxygen atoms in total. The van der Waals surface area contributed by atoms with Crippen molar-refractivity contribution in [1.82, 2.24) is 20.4 Å². The van der Waals surface area contributed by atoms with Gasteiger partial charge in [0, 0.05) is 37.1 Å². The summed E-state index contributed by atoms with van der Waals surface area (Å²) in [4.78, 5) is 36.2. The van der Waals surface area contributed by atoms with Crippen LogP contribution in [0.4, 0.5) is 19.3 Å². The van der Waals surface area contributed by atoms with E-state index in [0.29, 0.717) is 31.6 Å². The number of carbonyl (C=O) groups is 2. The van der Waals surface area contributed by atoms with Gasteiger partial charge in [0.2, 0.25) is 12.6 Å². The summed E-state index contributed by atoms with van der Waals surface area (Å²) < 4.78 is 40.7. The summed E-state index contributed by atoms with van der Waals surface area (Å²) in [6, 6.07) is 11.8. The Balaban J connectivity index is 1.15. The van der Waals surface area contributed by atoms with E-state index in [4.69, 9.17) is 9.47 Å². The highest BCUT2D eigenvalue weighted by Gasteiger charge is 2.39. The second kappa shape index (κ2) is 15.1. The molecule has 2 aromatic carbocycles. The lowest BCUT2D eigenvalue weighted by molar-refractivity contribution is -0.787. The quantitative estimate of drug-likeness (QED) is 0.0489. The van der Waals surface area contributed by atoms with E-state index >= 15 is 0 Å². The summed E-state index contributed by atoms with van der Waals surface area (Å²) in [6.45, 7) is 0.250. The lowest BCUT2D eigenvalue weighted by Gasteiger charge is -2.24. The number of amides is 1. The third-order valence-corrected chi connectivity index (χ3v) is 7.17. The number of ether oxygens (including phenoxy) is 2. The van der Waals surface area contributed by atoms with Crippen LogP contribution >= 0.6 is 0 Å². The number of H-pyrrole nitrogens is 1. The molecule has 2 atom stereocenters. The van der Waals surface area contributed by atoms with E-state index in [0.717, 1.165) is 31.8 Å². The summed E-state index contributed by atoms with van der Waals surface area (Å²) in [6.07, 6.45) is 4.04. The summed E-state index contributed by atoms with van der Waals surface area (Å²) in [5.41, 5.74) is -0.414. The van der Waals surface area contributed by atoms with Crippen LogP contribution in [0.3, 0.4) is 0 Å². The number of aromatic amines is 1. The Morgan fingerprint density at radius 2 is 1.91 bits per heavy atom. The number of benzene rings is 2. The summed E-state index contributed by atoms with van der Waals surface area (Å²) in [7, 11) is 0. The molecule has 1 aliphatic heterocycles. The Labute approximate surface area is 251 Å². The number of alkyl halides is 2. The molecule has 4 rings (SSSR count). The molecule has 0 saturated carbocycles. The van der Waals surface area contributed by atoms with Crippen molar-refractivity contribution in [3.63, 3.8) is 0 Å². The number of aromatic nitrogens is 4. The predicted molar refractivity (Wildman–Crippen MR) is 149 cm³/mol. The number of aliphatic hydroxyl groups is 1. The number of aliphatic hydroxyl groups excluding tert-OH is 1. The molecule has 0 radical (unpaired) electrons. The number of tetrazole rings is 1. The van der Waals surface area contributed by atoms with E-state index in [9.17, 15) is 33.6 Å². The van der Waals surface area contributed by atoms with Crippen LogP contribution in [0.1, 0.15) is 49.9 Å². The topological polar surface area (TPSA) is 165 Å². The number of nitrogens with zero attached hydrogens (tertiary/aromatic N) is 5. The molecule has 234 valence electrons. The highest BCUT2D eigenvalue weighted by Crippen LogP contribution is 2.33. The predicted octanol–water partition coefficient (Wildman–Crippen LogP) is 3.98. The highest BCUT2D eigenvalue weighted by atomic mass is 19.3. The number of hydrogen-bond acceptors (Lipinski definition) is 9. The Bertz CT molecular complexity index is 1440. The standard InChI is InChI=1S/C29H32F2N6O7/c30-29(31,21-8-4-3-5-9-21)25(38)17-13-22-14-18-27(39)35(22)19-7-2-1-6-10-26-32-33-34-36(26)20-43-28(40)44-24-15-11-23(12-16-24)37(41)42/h3-5,8-9,11-13,15-17,22,25,38H,1-2,6-7,10,14,18-20H2/p+1/b17-13+/t22-,25+/m0/s1. The van der Waals surface area contributed by atoms with Gasteiger partial charge >= 0.3 is 17.9 Å². The summed E-state index contributed by atoms with van der Waals surface area (Å²) >= 11 is 0. The molecule has 0 spiro atoms. The normalized spacial score (nSPS) is 15.9. The first-order valence-electron chi connectivity index (χ1n) is 14.1. The molecular weight excluding hydrogens is 582 g/mol. The second-order valence-electron chi connectivity index (χ2n) is 10.2.